The number of hydrogen-bond donors (Lipinski definition) is 0. The molecule has 1 aliphatic rings. The van der Waals surface area contributed by atoms with Crippen LogP contribution < -0.4 is 4.90 Å². The third-order valence-electron chi connectivity index (χ3n) is 5.37. The van der Waals surface area contributed by atoms with Crippen LogP contribution in [0.25, 0.3) is 6.08 Å². The van der Waals surface area contributed by atoms with E-state index in [-0.39, 0.29) is 5.91 Å². The van der Waals surface area contributed by atoms with Gasteiger partial charge in [-0.1, -0.05) is 48.5 Å². The van der Waals surface area contributed by atoms with Crippen molar-refractivity contribution in [3.8, 4) is 0 Å². The molecule has 9 heteroatoms. The number of rotatable bonds is 7. The van der Waals surface area contributed by atoms with E-state index in [2.05, 4.69) is 9.88 Å². The number of carbonyl (C=O) groups excluding carboxylic acids is 1. The summed E-state index contributed by atoms with van der Waals surface area (Å²) in [6.45, 7) is 4.26. The molecule has 1 aliphatic heterocycles. The van der Waals surface area contributed by atoms with Crippen LogP contribution in [0.2, 0.25) is 0 Å². The number of thiazole rings is 1. The molecule has 3 aromatic rings. The lowest BCUT2D eigenvalue weighted by molar-refractivity contribution is -0.115. The highest BCUT2D eigenvalue weighted by molar-refractivity contribution is 7.92. The van der Waals surface area contributed by atoms with Crippen LogP contribution in [0.1, 0.15) is 18.2 Å². The van der Waals surface area contributed by atoms with Gasteiger partial charge < -0.3 is 0 Å². The van der Waals surface area contributed by atoms with Crippen LogP contribution in [0.3, 0.4) is 0 Å². The van der Waals surface area contributed by atoms with Crippen LogP contribution >= 0.6 is 11.3 Å². The Hall–Kier alpha value is -2.85. The average Bonchev–Trinajstić information content (AvgIpc) is 3.27. The Morgan fingerprint density at radius 3 is 2.30 bits per heavy atom. The van der Waals surface area contributed by atoms with Gasteiger partial charge in [0.1, 0.15) is 0 Å². The zero-order valence-corrected chi connectivity index (χ0v) is 20.0. The predicted octanol–water partition coefficient (Wildman–Crippen LogP) is 3.95. The zero-order chi connectivity index (χ0) is 23.3. The number of amides is 1. The van der Waals surface area contributed by atoms with Crippen molar-refractivity contribution < 1.29 is 13.2 Å². The molecule has 4 rings (SSSR count). The summed E-state index contributed by atoms with van der Waals surface area (Å²) in [5.41, 5.74) is 2.51. The minimum absolute atomic E-state index is 0.0931. The van der Waals surface area contributed by atoms with Gasteiger partial charge in [-0.2, -0.15) is 4.31 Å². The zero-order valence-electron chi connectivity index (χ0n) is 18.4. The molecular weight excluding hydrogens is 456 g/mol. The Kier molecular flexibility index (Phi) is 7.34. The van der Waals surface area contributed by atoms with Gasteiger partial charge in [-0.3, -0.25) is 14.6 Å². The van der Waals surface area contributed by atoms with Crippen LogP contribution in [0.4, 0.5) is 10.8 Å². The lowest BCUT2D eigenvalue weighted by Crippen LogP contribution is -2.47. The van der Waals surface area contributed by atoms with Crippen molar-refractivity contribution in [2.24, 2.45) is 0 Å². The summed E-state index contributed by atoms with van der Waals surface area (Å²) >= 11 is 1.43. The molecule has 1 amide bonds. The third kappa shape index (κ3) is 5.94. The maximum Gasteiger partial charge on any atom is 0.236 e. The minimum atomic E-state index is -3.46. The number of para-hydroxylation sites is 1. The van der Waals surface area contributed by atoms with Crippen molar-refractivity contribution in [3.05, 3.63) is 82.7 Å². The fraction of sp³-hybridized carbons (Fsp3) is 0.250. The Bertz CT molecular complexity index is 1200. The Balaban J connectivity index is 1.35. The first-order valence-electron chi connectivity index (χ1n) is 10.7. The first-order chi connectivity index (χ1) is 15.9. The van der Waals surface area contributed by atoms with Gasteiger partial charge in [0.2, 0.25) is 15.9 Å². The largest absolute Gasteiger partial charge is 0.295 e. The third-order valence-corrected chi connectivity index (χ3v) is 7.81. The molecule has 0 saturated carbocycles. The second kappa shape index (κ2) is 10.4. The van der Waals surface area contributed by atoms with Gasteiger partial charge >= 0.3 is 0 Å². The van der Waals surface area contributed by atoms with Crippen molar-refractivity contribution in [3.63, 3.8) is 0 Å². The van der Waals surface area contributed by atoms with E-state index in [1.165, 1.54) is 28.0 Å². The van der Waals surface area contributed by atoms with E-state index in [1.807, 2.05) is 66.0 Å². The van der Waals surface area contributed by atoms with Crippen LogP contribution in [-0.2, 0) is 21.4 Å². The van der Waals surface area contributed by atoms with Gasteiger partial charge in [-0.15, -0.1) is 11.3 Å². The fourth-order valence-electron chi connectivity index (χ4n) is 3.66. The maximum absolute atomic E-state index is 12.7. The molecule has 0 spiro atoms. The first kappa shape index (κ1) is 23.3. The van der Waals surface area contributed by atoms with E-state index in [0.717, 1.165) is 16.9 Å². The summed E-state index contributed by atoms with van der Waals surface area (Å²) in [4.78, 5) is 20.7. The predicted molar refractivity (Wildman–Crippen MR) is 133 cm³/mol. The number of sulfonamides is 1. The number of aromatic nitrogens is 1. The van der Waals surface area contributed by atoms with Crippen LogP contribution in [0.15, 0.2) is 71.5 Å². The van der Waals surface area contributed by atoms with Crippen LogP contribution in [0, 0.1) is 0 Å². The van der Waals surface area contributed by atoms with Gasteiger partial charge in [-0.25, -0.2) is 13.4 Å². The van der Waals surface area contributed by atoms with Crippen molar-refractivity contribution in [2.75, 3.05) is 31.1 Å². The van der Waals surface area contributed by atoms with Crippen LogP contribution in [-0.4, -0.2) is 54.7 Å². The molecule has 33 heavy (non-hydrogen) atoms. The number of piperazine rings is 1. The minimum Gasteiger partial charge on any atom is -0.295 e. The molecule has 1 saturated heterocycles. The number of nitrogens with zero attached hydrogens (tertiary/aromatic N) is 4. The van der Waals surface area contributed by atoms with Gasteiger partial charge in [0.25, 0.3) is 0 Å². The molecule has 0 N–H and O–H groups in total. The summed E-state index contributed by atoms with van der Waals surface area (Å²) in [6, 6.07) is 18.9. The van der Waals surface area contributed by atoms with Gasteiger partial charge in [0.05, 0.1) is 11.4 Å². The quantitative estimate of drug-likeness (QED) is 0.510. The highest BCUT2D eigenvalue weighted by Crippen LogP contribution is 2.29. The molecule has 0 aliphatic carbocycles. The second-order valence-electron chi connectivity index (χ2n) is 7.74. The molecule has 2 heterocycles. The average molecular weight is 483 g/mol. The van der Waals surface area contributed by atoms with E-state index < -0.39 is 10.0 Å². The summed E-state index contributed by atoms with van der Waals surface area (Å²) in [6.07, 6.45) is 1.63. The van der Waals surface area contributed by atoms with Crippen LogP contribution in [0.5, 0.6) is 0 Å². The molecule has 1 fully saturated rings. The fourth-order valence-corrected chi connectivity index (χ4v) is 5.71. The lowest BCUT2D eigenvalue weighted by atomic mass is 10.2. The summed E-state index contributed by atoms with van der Waals surface area (Å²) in [5.74, 6) is -0.0931. The molecule has 0 atom stereocenters. The molecule has 1 aromatic heterocycles. The molecule has 0 radical (unpaired) electrons. The van der Waals surface area contributed by atoms with Crippen molar-refractivity contribution >= 4 is 44.2 Å². The van der Waals surface area contributed by atoms with Crippen molar-refractivity contribution in [1.82, 2.24) is 14.2 Å². The van der Waals surface area contributed by atoms with E-state index in [1.54, 1.807) is 11.0 Å². The molecule has 0 bridgehead atoms. The van der Waals surface area contributed by atoms with E-state index >= 15 is 0 Å². The van der Waals surface area contributed by atoms with Gasteiger partial charge in [-0.05, 0) is 23.8 Å². The van der Waals surface area contributed by atoms with E-state index in [4.69, 9.17) is 0 Å². The number of benzene rings is 2. The normalized spacial score (nSPS) is 15.7. The number of carbonyl (C=O) groups is 1. The number of anilines is 2. The summed E-state index contributed by atoms with van der Waals surface area (Å²) < 4.78 is 26.9. The van der Waals surface area contributed by atoms with Crippen molar-refractivity contribution in [1.29, 1.82) is 0 Å². The maximum atomic E-state index is 12.7. The molecular formula is C24H26N4O3S2. The Labute approximate surface area is 198 Å². The summed E-state index contributed by atoms with van der Waals surface area (Å²) in [5, 5.41) is 3.88. The Morgan fingerprint density at radius 1 is 1.03 bits per heavy atom. The lowest BCUT2D eigenvalue weighted by Gasteiger charge is -2.32. The number of hydrogen-bond acceptors (Lipinski definition) is 6. The first-order valence-corrected chi connectivity index (χ1v) is 13.1. The van der Waals surface area contributed by atoms with Crippen molar-refractivity contribution in [2.45, 2.75) is 13.5 Å². The molecule has 2 aromatic carbocycles. The second-order valence-corrected chi connectivity index (χ2v) is 10.4. The summed E-state index contributed by atoms with van der Waals surface area (Å²) in [7, 11) is -3.46. The standard InChI is InChI=1S/C24H26N4O3S2/c1-20(29)28(23-10-6-3-7-11-23)24-25-22(19-32-24)18-26-13-15-27(16-14-26)33(30,31)17-12-21-8-4-2-5-9-21/h2-12,17,19H,13-16,18H2,1H3/b17-12+. The highest BCUT2D eigenvalue weighted by Gasteiger charge is 2.26. The van der Waals surface area contributed by atoms with Gasteiger partial charge in [0, 0.05) is 50.4 Å². The molecule has 0 unspecified atom stereocenters. The van der Waals surface area contributed by atoms with Gasteiger partial charge in [0.15, 0.2) is 5.13 Å². The monoisotopic (exact) mass is 482 g/mol. The SMILES string of the molecule is CC(=O)N(c1ccccc1)c1nc(CN2CCN(S(=O)(=O)/C=C/c3ccccc3)CC2)cs1. The molecule has 7 nitrogen and oxygen atoms in total. The smallest absolute Gasteiger partial charge is 0.236 e. The topological polar surface area (TPSA) is 73.8 Å². The van der Waals surface area contributed by atoms with E-state index in [0.29, 0.717) is 37.9 Å². The Morgan fingerprint density at radius 2 is 1.67 bits per heavy atom. The van der Waals surface area contributed by atoms with E-state index in [9.17, 15) is 13.2 Å². The highest BCUT2D eigenvalue weighted by atomic mass is 32.2. The molecule has 172 valence electrons.